The van der Waals surface area contributed by atoms with Crippen LogP contribution in [0.2, 0.25) is 0 Å². The highest BCUT2D eigenvalue weighted by Crippen LogP contribution is 2.18. The minimum Gasteiger partial charge on any atom is -0.309 e. The molecule has 80 valence electrons. The van der Waals surface area contributed by atoms with E-state index in [1.54, 1.807) is 11.1 Å². The van der Waals surface area contributed by atoms with Crippen molar-refractivity contribution in [1.82, 2.24) is 10.2 Å². The van der Waals surface area contributed by atoms with E-state index in [0.29, 0.717) is 0 Å². The molecule has 14 heavy (non-hydrogen) atoms. The first-order chi connectivity index (χ1) is 6.77. The first kappa shape index (κ1) is 10.5. The fourth-order valence-corrected chi connectivity index (χ4v) is 3.05. The molecule has 0 bridgehead atoms. The van der Waals surface area contributed by atoms with E-state index < -0.39 is 0 Å². The number of nitrogens with one attached hydrogen (secondary N) is 1. The van der Waals surface area contributed by atoms with Gasteiger partial charge in [0, 0.05) is 43.7 Å². The van der Waals surface area contributed by atoms with Crippen LogP contribution in [-0.2, 0) is 0 Å². The summed E-state index contributed by atoms with van der Waals surface area (Å²) in [6, 6.07) is 0.761. The molecule has 0 aromatic rings. The molecule has 0 radical (unpaired) electrons. The molecule has 1 unspecified atom stereocenters. The molecule has 1 atom stereocenters. The van der Waals surface area contributed by atoms with E-state index in [1.807, 2.05) is 0 Å². The van der Waals surface area contributed by atoms with Gasteiger partial charge in [-0.2, -0.15) is 11.8 Å². The quantitative estimate of drug-likeness (QED) is 0.696. The maximum Gasteiger partial charge on any atom is 0.0197 e. The summed E-state index contributed by atoms with van der Waals surface area (Å²) >= 11 is 2.09. The lowest BCUT2D eigenvalue weighted by Gasteiger charge is -2.34. The minimum absolute atomic E-state index is 0.761. The lowest BCUT2D eigenvalue weighted by atomic mass is 10.0. The van der Waals surface area contributed by atoms with Crippen LogP contribution >= 0.6 is 11.8 Å². The summed E-state index contributed by atoms with van der Waals surface area (Å²) in [7, 11) is 0. The third-order valence-electron chi connectivity index (χ3n) is 3.23. The molecule has 2 saturated heterocycles. The first-order valence-corrected chi connectivity index (χ1v) is 6.63. The van der Waals surface area contributed by atoms with Crippen LogP contribution < -0.4 is 5.32 Å². The second kappa shape index (κ2) is 4.69. The Kier molecular flexibility index (Phi) is 3.52. The number of hydrogen-bond acceptors (Lipinski definition) is 3. The van der Waals surface area contributed by atoms with Crippen molar-refractivity contribution >= 4 is 11.8 Å². The van der Waals surface area contributed by atoms with Gasteiger partial charge in [-0.15, -0.1) is 0 Å². The number of hydrogen-bond donors (Lipinski definition) is 1. The van der Waals surface area contributed by atoms with Gasteiger partial charge in [0.15, 0.2) is 0 Å². The molecule has 2 fully saturated rings. The van der Waals surface area contributed by atoms with E-state index in [1.165, 1.54) is 24.6 Å². The summed E-state index contributed by atoms with van der Waals surface area (Å²) in [5.74, 6) is 2.62. The molecule has 0 amide bonds. The molecule has 0 aromatic heterocycles. The van der Waals surface area contributed by atoms with E-state index >= 15 is 0 Å². The Bertz CT molecular complexity index is 231. The lowest BCUT2D eigenvalue weighted by Crippen LogP contribution is -2.43. The van der Waals surface area contributed by atoms with Gasteiger partial charge in [0.05, 0.1) is 0 Å². The van der Waals surface area contributed by atoms with Crippen molar-refractivity contribution in [3.05, 3.63) is 11.1 Å². The van der Waals surface area contributed by atoms with Gasteiger partial charge in [0.2, 0.25) is 0 Å². The molecular formula is C11H20N2S. The molecule has 2 nitrogen and oxygen atoms in total. The van der Waals surface area contributed by atoms with Crippen LogP contribution in [0.25, 0.3) is 0 Å². The number of thioether (sulfide) groups is 1. The van der Waals surface area contributed by atoms with E-state index in [4.69, 9.17) is 0 Å². The van der Waals surface area contributed by atoms with Gasteiger partial charge in [-0.1, -0.05) is 5.57 Å². The second-order valence-corrected chi connectivity index (χ2v) is 5.53. The summed E-state index contributed by atoms with van der Waals surface area (Å²) < 4.78 is 0. The molecule has 2 aliphatic rings. The Morgan fingerprint density at radius 3 is 2.93 bits per heavy atom. The molecule has 0 aromatic carbocycles. The summed E-state index contributed by atoms with van der Waals surface area (Å²) in [5, 5.41) is 3.31. The van der Waals surface area contributed by atoms with Gasteiger partial charge in [-0.3, -0.25) is 4.90 Å². The van der Waals surface area contributed by atoms with Crippen molar-refractivity contribution in [2.45, 2.75) is 19.9 Å². The standard InChI is InChI=1S/C11H20N2S/c1-9(11-5-12-6-11)7-13-3-4-14-8-10(13)2/h10,12H,3-8H2,1-2H3. The van der Waals surface area contributed by atoms with Crippen LogP contribution in [0.15, 0.2) is 11.1 Å². The van der Waals surface area contributed by atoms with Crippen LogP contribution in [0.4, 0.5) is 0 Å². The maximum absolute atomic E-state index is 3.31. The van der Waals surface area contributed by atoms with E-state index in [-0.39, 0.29) is 0 Å². The summed E-state index contributed by atoms with van der Waals surface area (Å²) in [4.78, 5) is 2.62. The number of rotatable bonds is 2. The fourth-order valence-electron chi connectivity index (χ4n) is 1.96. The Hall–Kier alpha value is 0.01000. The summed E-state index contributed by atoms with van der Waals surface area (Å²) in [6.45, 7) is 9.36. The predicted octanol–water partition coefficient (Wildman–Crippen LogP) is 1.34. The molecule has 0 aliphatic carbocycles. The molecule has 0 saturated carbocycles. The maximum atomic E-state index is 3.31. The Balaban J connectivity index is 1.89. The van der Waals surface area contributed by atoms with Gasteiger partial charge in [-0.05, 0) is 19.4 Å². The lowest BCUT2D eigenvalue weighted by molar-refractivity contribution is 0.251. The van der Waals surface area contributed by atoms with Crippen LogP contribution in [0, 0.1) is 0 Å². The van der Waals surface area contributed by atoms with Gasteiger partial charge < -0.3 is 5.32 Å². The topological polar surface area (TPSA) is 15.3 Å². The highest BCUT2D eigenvalue weighted by molar-refractivity contribution is 7.99. The Morgan fingerprint density at radius 1 is 1.57 bits per heavy atom. The predicted molar refractivity (Wildman–Crippen MR) is 63.9 cm³/mol. The Morgan fingerprint density at radius 2 is 2.36 bits per heavy atom. The molecule has 2 rings (SSSR count). The molecular weight excluding hydrogens is 192 g/mol. The zero-order valence-electron chi connectivity index (χ0n) is 9.18. The molecule has 2 heterocycles. The Labute approximate surface area is 91.1 Å². The van der Waals surface area contributed by atoms with Crippen molar-refractivity contribution in [2.75, 3.05) is 37.7 Å². The van der Waals surface area contributed by atoms with Gasteiger partial charge in [0.25, 0.3) is 0 Å². The normalized spacial score (nSPS) is 28.7. The van der Waals surface area contributed by atoms with Crippen molar-refractivity contribution in [1.29, 1.82) is 0 Å². The monoisotopic (exact) mass is 212 g/mol. The second-order valence-electron chi connectivity index (χ2n) is 4.38. The SMILES string of the molecule is CC(CN1CCSCC1C)=C1CNC1. The molecule has 0 spiro atoms. The third kappa shape index (κ3) is 2.33. The van der Waals surface area contributed by atoms with Gasteiger partial charge >= 0.3 is 0 Å². The fraction of sp³-hybridized carbons (Fsp3) is 0.818. The third-order valence-corrected chi connectivity index (χ3v) is 4.42. The van der Waals surface area contributed by atoms with Crippen molar-refractivity contribution < 1.29 is 0 Å². The molecule has 2 aliphatic heterocycles. The highest BCUT2D eigenvalue weighted by atomic mass is 32.2. The van der Waals surface area contributed by atoms with E-state index in [2.05, 4.69) is 35.8 Å². The largest absolute Gasteiger partial charge is 0.309 e. The van der Waals surface area contributed by atoms with Crippen LogP contribution in [0.5, 0.6) is 0 Å². The average Bonchev–Trinajstić information content (AvgIpc) is 2.05. The zero-order chi connectivity index (χ0) is 9.97. The average molecular weight is 212 g/mol. The van der Waals surface area contributed by atoms with Crippen LogP contribution in [-0.4, -0.2) is 48.6 Å². The minimum atomic E-state index is 0.761. The van der Waals surface area contributed by atoms with Crippen LogP contribution in [0.1, 0.15) is 13.8 Å². The van der Waals surface area contributed by atoms with Crippen molar-refractivity contribution in [3.8, 4) is 0 Å². The van der Waals surface area contributed by atoms with Crippen molar-refractivity contribution in [2.24, 2.45) is 0 Å². The van der Waals surface area contributed by atoms with E-state index in [9.17, 15) is 0 Å². The van der Waals surface area contributed by atoms with E-state index in [0.717, 1.165) is 19.1 Å². The van der Waals surface area contributed by atoms with Crippen molar-refractivity contribution in [3.63, 3.8) is 0 Å². The van der Waals surface area contributed by atoms with Gasteiger partial charge in [-0.25, -0.2) is 0 Å². The zero-order valence-corrected chi connectivity index (χ0v) is 9.99. The highest BCUT2D eigenvalue weighted by Gasteiger charge is 2.20. The smallest absolute Gasteiger partial charge is 0.0197 e. The molecule has 3 heteroatoms. The van der Waals surface area contributed by atoms with Gasteiger partial charge in [0.1, 0.15) is 0 Å². The summed E-state index contributed by atoms with van der Waals surface area (Å²) in [6.07, 6.45) is 0. The first-order valence-electron chi connectivity index (χ1n) is 5.47. The number of nitrogens with zero attached hydrogens (tertiary/aromatic N) is 1. The molecule has 1 N–H and O–H groups in total. The summed E-state index contributed by atoms with van der Waals surface area (Å²) in [5.41, 5.74) is 3.23. The van der Waals surface area contributed by atoms with Crippen LogP contribution in [0.3, 0.4) is 0 Å².